The maximum Gasteiger partial charge on any atom is 0.271 e. The first kappa shape index (κ1) is 17.4. The standard InChI is InChI=1S/C21H20N6O2/c22-19(28)17-18(13-1-3-14(4-2-13)27-11-9-23-10-12-27)29-21(26-17)16-6-8-25-20-15(16)5-7-24-20/h1-8,23H,9-12H2,(H2,22,28)(H,24,25). The summed E-state index contributed by atoms with van der Waals surface area (Å²) in [7, 11) is 0. The number of rotatable bonds is 4. The van der Waals surface area contributed by atoms with Crippen LogP contribution in [-0.2, 0) is 0 Å². The van der Waals surface area contributed by atoms with Crippen molar-refractivity contribution in [3.8, 4) is 22.8 Å². The van der Waals surface area contributed by atoms with Gasteiger partial charge in [-0.05, 0) is 36.4 Å². The van der Waals surface area contributed by atoms with Crippen molar-refractivity contribution in [2.24, 2.45) is 5.73 Å². The van der Waals surface area contributed by atoms with Crippen LogP contribution in [0.5, 0.6) is 0 Å². The molecule has 5 rings (SSSR count). The minimum atomic E-state index is -0.624. The number of amides is 1. The molecule has 1 fully saturated rings. The molecule has 1 aliphatic rings. The highest BCUT2D eigenvalue weighted by Crippen LogP contribution is 2.33. The molecule has 4 N–H and O–H groups in total. The molecular weight excluding hydrogens is 368 g/mol. The van der Waals surface area contributed by atoms with Crippen LogP contribution in [0.1, 0.15) is 10.5 Å². The highest BCUT2D eigenvalue weighted by Gasteiger charge is 2.22. The number of nitrogens with one attached hydrogen (secondary N) is 2. The Bertz CT molecular complexity index is 1170. The summed E-state index contributed by atoms with van der Waals surface area (Å²) in [5.74, 6) is 0.0902. The number of aromatic nitrogens is 3. The van der Waals surface area contributed by atoms with Crippen molar-refractivity contribution in [2.45, 2.75) is 0 Å². The van der Waals surface area contributed by atoms with Crippen LogP contribution < -0.4 is 16.0 Å². The van der Waals surface area contributed by atoms with E-state index in [4.69, 9.17) is 10.2 Å². The average molecular weight is 388 g/mol. The minimum Gasteiger partial charge on any atom is -0.435 e. The maximum atomic E-state index is 12.0. The van der Waals surface area contributed by atoms with E-state index in [-0.39, 0.29) is 5.69 Å². The zero-order chi connectivity index (χ0) is 19.8. The average Bonchev–Trinajstić information content (AvgIpc) is 3.42. The fourth-order valence-corrected chi connectivity index (χ4v) is 3.69. The van der Waals surface area contributed by atoms with Gasteiger partial charge in [-0.2, -0.15) is 0 Å². The predicted molar refractivity (Wildman–Crippen MR) is 111 cm³/mol. The van der Waals surface area contributed by atoms with Crippen molar-refractivity contribution in [1.29, 1.82) is 0 Å². The monoisotopic (exact) mass is 388 g/mol. The van der Waals surface area contributed by atoms with Crippen LogP contribution in [0, 0.1) is 0 Å². The van der Waals surface area contributed by atoms with Gasteiger partial charge in [-0.25, -0.2) is 9.97 Å². The van der Waals surface area contributed by atoms with Gasteiger partial charge < -0.3 is 25.4 Å². The van der Waals surface area contributed by atoms with Gasteiger partial charge >= 0.3 is 0 Å². The van der Waals surface area contributed by atoms with Gasteiger partial charge in [0.25, 0.3) is 5.91 Å². The number of pyridine rings is 1. The molecule has 29 heavy (non-hydrogen) atoms. The Morgan fingerprint density at radius 1 is 1.10 bits per heavy atom. The molecule has 4 heterocycles. The molecule has 1 saturated heterocycles. The first-order valence-corrected chi connectivity index (χ1v) is 9.50. The van der Waals surface area contributed by atoms with Crippen molar-refractivity contribution < 1.29 is 9.21 Å². The number of carbonyl (C=O) groups is 1. The molecule has 0 atom stereocenters. The lowest BCUT2D eigenvalue weighted by Crippen LogP contribution is -2.43. The summed E-state index contributed by atoms with van der Waals surface area (Å²) in [6, 6.07) is 11.6. The summed E-state index contributed by atoms with van der Waals surface area (Å²) in [5, 5.41) is 4.21. The molecule has 1 aromatic carbocycles. The SMILES string of the molecule is NC(=O)c1nc(-c2ccnc3[nH]ccc23)oc1-c1ccc(N2CCNCC2)cc1. The highest BCUT2D eigenvalue weighted by atomic mass is 16.4. The fourth-order valence-electron chi connectivity index (χ4n) is 3.69. The van der Waals surface area contributed by atoms with Gasteiger partial charge in [0.05, 0.1) is 0 Å². The van der Waals surface area contributed by atoms with E-state index >= 15 is 0 Å². The first-order chi connectivity index (χ1) is 14.2. The summed E-state index contributed by atoms with van der Waals surface area (Å²) in [4.78, 5) is 26.1. The molecule has 4 aromatic rings. The number of H-pyrrole nitrogens is 1. The Balaban J connectivity index is 1.55. The molecule has 0 unspecified atom stereocenters. The fraction of sp³-hybridized carbons (Fsp3) is 0.190. The molecule has 0 bridgehead atoms. The Morgan fingerprint density at radius 3 is 2.66 bits per heavy atom. The minimum absolute atomic E-state index is 0.121. The van der Waals surface area contributed by atoms with Gasteiger partial charge in [0, 0.05) is 60.8 Å². The van der Waals surface area contributed by atoms with Gasteiger partial charge in [0.15, 0.2) is 11.5 Å². The lowest BCUT2D eigenvalue weighted by Gasteiger charge is -2.29. The highest BCUT2D eigenvalue weighted by molar-refractivity contribution is 5.98. The number of nitrogens with zero attached hydrogens (tertiary/aromatic N) is 3. The molecule has 8 nitrogen and oxygen atoms in total. The van der Waals surface area contributed by atoms with Crippen LogP contribution in [0.2, 0.25) is 0 Å². The van der Waals surface area contributed by atoms with Crippen molar-refractivity contribution in [2.75, 3.05) is 31.1 Å². The third kappa shape index (κ3) is 3.13. The molecule has 146 valence electrons. The number of primary amides is 1. The van der Waals surface area contributed by atoms with Crippen LogP contribution in [0.3, 0.4) is 0 Å². The molecule has 8 heteroatoms. The van der Waals surface area contributed by atoms with Crippen molar-refractivity contribution in [3.05, 3.63) is 54.5 Å². The van der Waals surface area contributed by atoms with Crippen molar-refractivity contribution in [3.63, 3.8) is 0 Å². The van der Waals surface area contributed by atoms with Crippen molar-refractivity contribution >= 4 is 22.6 Å². The van der Waals surface area contributed by atoms with Gasteiger partial charge in [0.2, 0.25) is 5.89 Å². The van der Waals surface area contributed by atoms with Crippen molar-refractivity contribution in [1.82, 2.24) is 20.3 Å². The third-order valence-corrected chi connectivity index (χ3v) is 5.16. The number of piperazine rings is 1. The smallest absolute Gasteiger partial charge is 0.271 e. The Morgan fingerprint density at radius 2 is 1.90 bits per heavy atom. The number of fused-ring (bicyclic) bond motifs is 1. The second-order valence-electron chi connectivity index (χ2n) is 6.94. The van der Waals surface area contributed by atoms with Crippen LogP contribution >= 0.6 is 0 Å². The molecule has 0 radical (unpaired) electrons. The Hall–Kier alpha value is -3.65. The van der Waals surface area contributed by atoms with E-state index in [1.807, 2.05) is 36.4 Å². The lowest BCUT2D eigenvalue weighted by atomic mass is 10.1. The zero-order valence-corrected chi connectivity index (χ0v) is 15.7. The van der Waals surface area contributed by atoms with E-state index in [1.165, 1.54) is 0 Å². The second kappa shape index (κ2) is 7.06. The normalized spacial score (nSPS) is 14.4. The number of oxazole rings is 1. The third-order valence-electron chi connectivity index (χ3n) is 5.16. The van der Waals surface area contributed by atoms with E-state index < -0.39 is 5.91 Å². The van der Waals surface area contributed by atoms with Crippen LogP contribution in [0.4, 0.5) is 5.69 Å². The summed E-state index contributed by atoms with van der Waals surface area (Å²) in [6.45, 7) is 3.87. The van der Waals surface area contributed by atoms with Gasteiger partial charge in [-0.3, -0.25) is 4.79 Å². The largest absolute Gasteiger partial charge is 0.435 e. The first-order valence-electron chi connectivity index (χ1n) is 9.50. The topological polar surface area (TPSA) is 113 Å². The summed E-state index contributed by atoms with van der Waals surface area (Å²) < 4.78 is 6.03. The molecular formula is C21H20N6O2. The van der Waals surface area contributed by atoms with Crippen LogP contribution in [0.15, 0.2) is 53.2 Å². The van der Waals surface area contributed by atoms with E-state index in [9.17, 15) is 4.79 Å². The van der Waals surface area contributed by atoms with Crippen LogP contribution in [0.25, 0.3) is 33.8 Å². The lowest BCUT2D eigenvalue weighted by molar-refractivity contribution is 0.0996. The second-order valence-corrected chi connectivity index (χ2v) is 6.94. The molecule has 0 aliphatic carbocycles. The number of nitrogens with two attached hydrogens (primary N) is 1. The summed E-state index contributed by atoms with van der Waals surface area (Å²) in [5.41, 5.74) is 9.08. The van der Waals surface area contributed by atoms with Gasteiger partial charge in [-0.1, -0.05) is 0 Å². The number of benzene rings is 1. The zero-order valence-electron chi connectivity index (χ0n) is 15.7. The molecule has 0 spiro atoms. The molecule has 1 amide bonds. The number of carbonyl (C=O) groups excluding carboxylic acids is 1. The van der Waals surface area contributed by atoms with E-state index in [0.29, 0.717) is 11.7 Å². The molecule has 0 saturated carbocycles. The predicted octanol–water partition coefficient (Wildman–Crippen LogP) is 2.39. The number of aromatic amines is 1. The summed E-state index contributed by atoms with van der Waals surface area (Å²) in [6.07, 6.45) is 3.47. The summed E-state index contributed by atoms with van der Waals surface area (Å²) >= 11 is 0. The van der Waals surface area contributed by atoms with E-state index in [2.05, 4.69) is 25.2 Å². The molecule has 3 aromatic heterocycles. The quantitative estimate of drug-likeness (QED) is 0.495. The molecule has 1 aliphatic heterocycles. The number of anilines is 1. The number of hydrogen-bond donors (Lipinski definition) is 3. The van der Waals surface area contributed by atoms with E-state index in [1.54, 1.807) is 12.4 Å². The van der Waals surface area contributed by atoms with Gasteiger partial charge in [-0.15, -0.1) is 0 Å². The van der Waals surface area contributed by atoms with Crippen LogP contribution in [-0.4, -0.2) is 47.0 Å². The Labute approximate surface area is 166 Å². The number of hydrogen-bond acceptors (Lipinski definition) is 6. The maximum absolute atomic E-state index is 12.0. The van der Waals surface area contributed by atoms with Gasteiger partial charge in [0.1, 0.15) is 5.65 Å². The van der Waals surface area contributed by atoms with E-state index in [0.717, 1.165) is 54.0 Å². The Kier molecular flexibility index (Phi) is 4.25.